The van der Waals surface area contributed by atoms with E-state index in [0.29, 0.717) is 13.0 Å². The third-order valence-corrected chi connectivity index (χ3v) is 4.05. The maximum absolute atomic E-state index is 12.2. The van der Waals surface area contributed by atoms with Gasteiger partial charge in [-0.3, -0.25) is 9.59 Å². The molecule has 0 aliphatic heterocycles. The number of hydrogen-bond acceptors (Lipinski definition) is 4. The average molecular weight is 346 g/mol. The Morgan fingerprint density at radius 2 is 2.00 bits per heavy atom. The predicted molar refractivity (Wildman–Crippen MR) is 98.8 cm³/mol. The van der Waals surface area contributed by atoms with E-state index in [0.717, 1.165) is 22.8 Å². The Morgan fingerprint density at radius 3 is 2.52 bits per heavy atom. The van der Waals surface area contributed by atoms with Crippen molar-refractivity contribution in [3.05, 3.63) is 47.5 Å². The van der Waals surface area contributed by atoms with E-state index in [-0.39, 0.29) is 18.9 Å². The molecular weight excluding hydrogens is 319 g/mol. The van der Waals surface area contributed by atoms with E-state index >= 15 is 0 Å². The number of nitrogens with zero attached hydrogens (tertiary/aromatic N) is 1. The van der Waals surface area contributed by atoms with Crippen LogP contribution < -0.4 is 5.32 Å². The lowest BCUT2D eigenvalue weighted by Crippen LogP contribution is -2.51. The zero-order valence-corrected chi connectivity index (χ0v) is 15.2. The molecule has 6 nitrogen and oxygen atoms in total. The number of hydrogen-bond donors (Lipinski definition) is 3. The van der Waals surface area contributed by atoms with Crippen LogP contribution in [0.1, 0.15) is 30.0 Å². The largest absolute Gasteiger partial charge is 0.475 e. The quantitative estimate of drug-likeness (QED) is 0.455. The summed E-state index contributed by atoms with van der Waals surface area (Å²) in [5, 5.41) is 21.8. The summed E-state index contributed by atoms with van der Waals surface area (Å²) in [7, 11) is -1.69. The molecule has 0 unspecified atom stereocenters. The highest BCUT2D eigenvalue weighted by molar-refractivity contribution is 6.43. The third kappa shape index (κ3) is 6.72. The topological polar surface area (TPSA) is 89.9 Å². The Balaban J connectivity index is 2.75. The minimum Gasteiger partial charge on any atom is -0.426 e. The van der Waals surface area contributed by atoms with Crippen molar-refractivity contribution in [3.8, 4) is 0 Å². The number of carbonyl (C=O) groups is 2. The van der Waals surface area contributed by atoms with Crippen LogP contribution in [0.3, 0.4) is 0 Å². The number of rotatable bonds is 9. The molecule has 0 bridgehead atoms. The van der Waals surface area contributed by atoms with Gasteiger partial charge in [0.15, 0.2) is 0 Å². The van der Waals surface area contributed by atoms with Crippen molar-refractivity contribution in [1.29, 1.82) is 0 Å². The van der Waals surface area contributed by atoms with Crippen LogP contribution in [-0.4, -0.2) is 52.9 Å². The number of carbonyl (C=O) groups excluding carboxylic acids is 2. The third-order valence-electron chi connectivity index (χ3n) is 4.05. The molecule has 2 amide bonds. The van der Waals surface area contributed by atoms with Gasteiger partial charge in [-0.2, -0.15) is 0 Å². The fourth-order valence-electron chi connectivity index (χ4n) is 2.51. The van der Waals surface area contributed by atoms with Gasteiger partial charge >= 0.3 is 7.12 Å². The zero-order valence-electron chi connectivity index (χ0n) is 15.2. The molecular formula is C18H27BN2O4. The van der Waals surface area contributed by atoms with Crippen LogP contribution >= 0.6 is 0 Å². The summed E-state index contributed by atoms with van der Waals surface area (Å²) < 4.78 is 0. The maximum Gasteiger partial charge on any atom is 0.475 e. The second-order valence-electron chi connectivity index (χ2n) is 6.17. The highest BCUT2D eigenvalue weighted by atomic mass is 16.4. The number of benzene rings is 1. The second-order valence-corrected chi connectivity index (χ2v) is 6.17. The van der Waals surface area contributed by atoms with Gasteiger partial charge in [0.1, 0.15) is 0 Å². The van der Waals surface area contributed by atoms with Gasteiger partial charge in [0.25, 0.3) is 0 Å². The van der Waals surface area contributed by atoms with Crippen LogP contribution in [-0.2, 0) is 16.0 Å². The Morgan fingerprint density at radius 1 is 1.32 bits per heavy atom. The van der Waals surface area contributed by atoms with Crippen LogP contribution in [0.25, 0.3) is 0 Å². The van der Waals surface area contributed by atoms with Crippen LogP contribution in [0.4, 0.5) is 0 Å². The molecule has 1 aromatic carbocycles. The van der Waals surface area contributed by atoms with Crippen LogP contribution in [0.5, 0.6) is 0 Å². The normalized spacial score (nSPS) is 11.6. The first kappa shape index (κ1) is 20.9. The van der Waals surface area contributed by atoms with E-state index in [2.05, 4.69) is 11.9 Å². The Labute approximate surface area is 149 Å². The Hall–Kier alpha value is -2.12. The Bertz CT molecular complexity index is 619. The molecule has 1 aromatic rings. The van der Waals surface area contributed by atoms with Gasteiger partial charge in [0.2, 0.25) is 11.8 Å². The molecule has 7 heteroatoms. The number of aryl methyl sites for hydroxylation is 2. The lowest BCUT2D eigenvalue weighted by Gasteiger charge is -2.23. The van der Waals surface area contributed by atoms with Gasteiger partial charge in [-0.15, -0.1) is 0 Å². The first-order chi connectivity index (χ1) is 11.8. The first-order valence-corrected chi connectivity index (χ1v) is 8.41. The van der Waals surface area contributed by atoms with Gasteiger partial charge in [-0.1, -0.05) is 31.7 Å². The van der Waals surface area contributed by atoms with E-state index in [4.69, 9.17) is 0 Å². The van der Waals surface area contributed by atoms with E-state index in [1.165, 1.54) is 4.90 Å². The van der Waals surface area contributed by atoms with Crippen molar-refractivity contribution in [2.45, 2.75) is 39.6 Å². The predicted octanol–water partition coefficient (Wildman–Crippen LogP) is 0.767. The van der Waals surface area contributed by atoms with Crippen molar-refractivity contribution in [1.82, 2.24) is 10.2 Å². The van der Waals surface area contributed by atoms with Crippen molar-refractivity contribution in [2.75, 3.05) is 13.1 Å². The molecule has 1 rings (SSSR count). The summed E-state index contributed by atoms with van der Waals surface area (Å²) in [6, 6.07) is 5.81. The SMILES string of the molecule is C=CC(=O)N(CCC)CC(=O)N[C@@H](Cc1ccc(C)c(C)c1)B(O)O. The van der Waals surface area contributed by atoms with Gasteiger partial charge in [0.05, 0.1) is 12.5 Å². The van der Waals surface area contributed by atoms with E-state index < -0.39 is 19.0 Å². The fraction of sp³-hybridized carbons (Fsp3) is 0.444. The first-order valence-electron chi connectivity index (χ1n) is 8.41. The van der Waals surface area contributed by atoms with Crippen molar-refractivity contribution >= 4 is 18.9 Å². The highest BCUT2D eigenvalue weighted by Crippen LogP contribution is 2.12. The van der Waals surface area contributed by atoms with Crippen molar-refractivity contribution in [2.24, 2.45) is 0 Å². The van der Waals surface area contributed by atoms with Gasteiger partial charge in [0, 0.05) is 6.54 Å². The molecule has 0 aromatic heterocycles. The summed E-state index contributed by atoms with van der Waals surface area (Å²) >= 11 is 0. The molecule has 0 radical (unpaired) electrons. The molecule has 0 heterocycles. The lowest BCUT2D eigenvalue weighted by atomic mass is 9.75. The standard InChI is InChI=1S/C18H27BN2O4/c1-5-9-21(18(23)6-2)12-17(22)20-16(19(24)25)11-15-8-7-13(3)14(4)10-15/h6-8,10,16,24-25H,2,5,9,11-12H2,1,3-4H3,(H,20,22)/t16-/m0/s1. The summed E-state index contributed by atoms with van der Waals surface area (Å²) in [5.41, 5.74) is 3.14. The molecule has 0 aliphatic rings. The summed E-state index contributed by atoms with van der Waals surface area (Å²) in [6.07, 6.45) is 2.16. The monoisotopic (exact) mass is 346 g/mol. The van der Waals surface area contributed by atoms with E-state index in [1.807, 2.05) is 39.0 Å². The molecule has 1 atom stereocenters. The number of nitrogens with one attached hydrogen (secondary N) is 1. The molecule has 0 saturated heterocycles. The van der Waals surface area contributed by atoms with Crippen molar-refractivity contribution in [3.63, 3.8) is 0 Å². The highest BCUT2D eigenvalue weighted by Gasteiger charge is 2.26. The van der Waals surface area contributed by atoms with E-state index in [1.54, 1.807) is 0 Å². The van der Waals surface area contributed by atoms with Gasteiger partial charge < -0.3 is 20.3 Å². The number of amides is 2. The minimum absolute atomic E-state index is 0.144. The summed E-state index contributed by atoms with van der Waals surface area (Å²) in [5.74, 6) is -1.62. The maximum atomic E-state index is 12.2. The molecule has 0 aliphatic carbocycles. The van der Waals surface area contributed by atoms with Crippen LogP contribution in [0.2, 0.25) is 0 Å². The van der Waals surface area contributed by atoms with Crippen LogP contribution in [0.15, 0.2) is 30.9 Å². The van der Waals surface area contributed by atoms with Crippen molar-refractivity contribution < 1.29 is 19.6 Å². The lowest BCUT2D eigenvalue weighted by molar-refractivity contribution is -0.132. The minimum atomic E-state index is -1.69. The smallest absolute Gasteiger partial charge is 0.426 e. The molecule has 3 N–H and O–H groups in total. The van der Waals surface area contributed by atoms with E-state index in [9.17, 15) is 19.6 Å². The second kappa shape index (κ2) is 10.0. The molecule has 0 spiro atoms. The van der Waals surface area contributed by atoms with Gasteiger partial charge in [-0.05, 0) is 49.5 Å². The molecule has 0 fully saturated rings. The summed E-state index contributed by atoms with van der Waals surface area (Å²) in [6.45, 7) is 9.60. The average Bonchev–Trinajstić information content (AvgIpc) is 2.56. The summed E-state index contributed by atoms with van der Waals surface area (Å²) in [4.78, 5) is 25.3. The Kier molecular flexibility index (Phi) is 8.38. The fourth-order valence-corrected chi connectivity index (χ4v) is 2.51. The van der Waals surface area contributed by atoms with Crippen LogP contribution in [0, 0.1) is 13.8 Å². The molecule has 25 heavy (non-hydrogen) atoms. The zero-order chi connectivity index (χ0) is 19.0. The molecule has 136 valence electrons. The van der Waals surface area contributed by atoms with Gasteiger partial charge in [-0.25, -0.2) is 0 Å². The molecule has 0 saturated carbocycles.